The fraction of sp³-hybridized carbons (Fsp3) is 0.350. The molecule has 0 saturated carbocycles. The predicted molar refractivity (Wildman–Crippen MR) is 104 cm³/mol. The van der Waals surface area contributed by atoms with Crippen LogP contribution in [0.2, 0.25) is 5.02 Å². The summed E-state index contributed by atoms with van der Waals surface area (Å²) >= 11 is 6.06. The van der Waals surface area contributed by atoms with Gasteiger partial charge in [-0.15, -0.1) is 0 Å². The maximum atomic E-state index is 12.9. The van der Waals surface area contributed by atoms with E-state index >= 15 is 0 Å². The van der Waals surface area contributed by atoms with Crippen molar-refractivity contribution >= 4 is 23.2 Å². The third-order valence-electron chi connectivity index (χ3n) is 5.38. The van der Waals surface area contributed by atoms with Crippen molar-refractivity contribution < 1.29 is 14.3 Å². The molecule has 1 fully saturated rings. The summed E-state index contributed by atoms with van der Waals surface area (Å²) in [5.41, 5.74) is 9.53. The molecular formula is C20H22ClN3O3. The number of rotatable bonds is 4. The number of amides is 1. The molecule has 4 rings (SSSR count). The highest BCUT2D eigenvalue weighted by atomic mass is 35.5. The maximum Gasteiger partial charge on any atom is 0.243 e. The second-order valence-electron chi connectivity index (χ2n) is 6.85. The minimum atomic E-state index is -0.339. The molecule has 3 N–H and O–H groups in total. The van der Waals surface area contributed by atoms with Crippen molar-refractivity contribution in [3.05, 3.63) is 52.5 Å². The van der Waals surface area contributed by atoms with Gasteiger partial charge in [-0.05, 0) is 54.3 Å². The lowest BCUT2D eigenvalue weighted by molar-refractivity contribution is -0.118. The minimum absolute atomic E-state index is 0.0941. The molecule has 1 aliphatic carbocycles. The number of benzene rings is 2. The lowest BCUT2D eigenvalue weighted by atomic mass is 9.77. The number of anilines is 1. The van der Waals surface area contributed by atoms with Crippen molar-refractivity contribution in [2.75, 3.05) is 19.5 Å². The minimum Gasteiger partial charge on any atom is -0.497 e. The average Bonchev–Trinajstić information content (AvgIpc) is 3.12. The number of nitrogens with one attached hydrogen (secondary N) is 3. The van der Waals surface area contributed by atoms with Crippen LogP contribution in [0.5, 0.6) is 11.5 Å². The Balaban J connectivity index is 1.53. The SMILES string of the molecule is COc1ccc2c(c1)CCC1C(C(=O)Nc3cc(Cl)ccc3OC)NNC21. The number of ether oxygens (including phenoxy) is 2. The van der Waals surface area contributed by atoms with Crippen molar-refractivity contribution in [1.29, 1.82) is 0 Å². The van der Waals surface area contributed by atoms with Gasteiger partial charge in [-0.3, -0.25) is 4.79 Å². The summed E-state index contributed by atoms with van der Waals surface area (Å²) in [6.07, 6.45) is 1.83. The quantitative estimate of drug-likeness (QED) is 0.752. The van der Waals surface area contributed by atoms with E-state index in [1.54, 1.807) is 32.4 Å². The summed E-state index contributed by atoms with van der Waals surface area (Å²) in [4.78, 5) is 12.9. The molecule has 0 bridgehead atoms. The summed E-state index contributed by atoms with van der Waals surface area (Å²) in [7, 11) is 3.24. The van der Waals surface area contributed by atoms with Crippen molar-refractivity contribution in [1.82, 2.24) is 10.9 Å². The van der Waals surface area contributed by atoms with Crippen LogP contribution in [0.15, 0.2) is 36.4 Å². The highest BCUT2D eigenvalue weighted by Gasteiger charge is 2.43. The lowest BCUT2D eigenvalue weighted by Crippen LogP contribution is -2.42. The van der Waals surface area contributed by atoms with E-state index in [1.807, 2.05) is 6.07 Å². The molecule has 27 heavy (non-hydrogen) atoms. The molecule has 1 heterocycles. The average molecular weight is 388 g/mol. The molecule has 1 aliphatic heterocycles. The summed E-state index contributed by atoms with van der Waals surface area (Å²) in [5.74, 6) is 1.50. The number of hydrazine groups is 1. The van der Waals surface area contributed by atoms with Gasteiger partial charge < -0.3 is 14.8 Å². The molecule has 3 atom stereocenters. The van der Waals surface area contributed by atoms with Gasteiger partial charge in [0.1, 0.15) is 17.5 Å². The number of aryl methyl sites for hydroxylation is 1. The first-order chi connectivity index (χ1) is 13.1. The molecule has 2 aromatic carbocycles. The van der Waals surface area contributed by atoms with Gasteiger partial charge in [0, 0.05) is 10.9 Å². The zero-order valence-electron chi connectivity index (χ0n) is 15.2. The molecule has 1 amide bonds. The number of hydrogen-bond acceptors (Lipinski definition) is 5. The molecule has 7 heteroatoms. The van der Waals surface area contributed by atoms with Gasteiger partial charge in [-0.2, -0.15) is 0 Å². The first-order valence-electron chi connectivity index (χ1n) is 8.93. The number of carbonyl (C=O) groups is 1. The Labute approximate surface area is 163 Å². The first-order valence-corrected chi connectivity index (χ1v) is 9.31. The molecule has 3 unspecified atom stereocenters. The molecule has 0 aromatic heterocycles. The topological polar surface area (TPSA) is 71.6 Å². The number of carbonyl (C=O) groups excluding carboxylic acids is 1. The zero-order chi connectivity index (χ0) is 19.0. The highest BCUT2D eigenvalue weighted by Crippen LogP contribution is 2.40. The Morgan fingerprint density at radius 2 is 2.00 bits per heavy atom. The van der Waals surface area contributed by atoms with Crippen LogP contribution in [-0.2, 0) is 11.2 Å². The molecule has 2 aromatic rings. The van der Waals surface area contributed by atoms with Crippen LogP contribution in [-0.4, -0.2) is 26.2 Å². The molecule has 1 saturated heterocycles. The van der Waals surface area contributed by atoms with Crippen LogP contribution < -0.4 is 25.6 Å². The van der Waals surface area contributed by atoms with Crippen LogP contribution >= 0.6 is 11.6 Å². The molecule has 6 nitrogen and oxygen atoms in total. The van der Waals surface area contributed by atoms with Crippen LogP contribution in [0, 0.1) is 5.92 Å². The smallest absolute Gasteiger partial charge is 0.243 e. The van der Waals surface area contributed by atoms with E-state index < -0.39 is 0 Å². The zero-order valence-corrected chi connectivity index (χ0v) is 16.0. The van der Waals surface area contributed by atoms with Gasteiger partial charge in [-0.25, -0.2) is 10.9 Å². The maximum absolute atomic E-state index is 12.9. The van der Waals surface area contributed by atoms with Gasteiger partial charge in [-0.1, -0.05) is 17.7 Å². The Morgan fingerprint density at radius 3 is 2.78 bits per heavy atom. The second kappa shape index (κ2) is 7.38. The van der Waals surface area contributed by atoms with Gasteiger partial charge in [0.25, 0.3) is 0 Å². The lowest BCUT2D eigenvalue weighted by Gasteiger charge is -2.29. The van der Waals surface area contributed by atoms with E-state index in [1.165, 1.54) is 11.1 Å². The molecule has 0 spiro atoms. The van der Waals surface area contributed by atoms with Gasteiger partial charge in [0.15, 0.2) is 0 Å². The monoisotopic (exact) mass is 387 g/mol. The van der Waals surface area contributed by atoms with Crippen molar-refractivity contribution in [2.45, 2.75) is 24.9 Å². The summed E-state index contributed by atoms with van der Waals surface area (Å²) in [6, 6.07) is 11.1. The fourth-order valence-corrected chi connectivity index (χ4v) is 4.20. The second-order valence-corrected chi connectivity index (χ2v) is 7.28. The Bertz CT molecular complexity index is 874. The fourth-order valence-electron chi connectivity index (χ4n) is 4.03. The number of halogens is 1. The Kier molecular flexibility index (Phi) is 4.95. The molecule has 142 valence electrons. The summed E-state index contributed by atoms with van der Waals surface area (Å²) in [6.45, 7) is 0. The van der Waals surface area contributed by atoms with Crippen molar-refractivity contribution in [3.63, 3.8) is 0 Å². The molecule has 2 aliphatic rings. The van der Waals surface area contributed by atoms with E-state index in [4.69, 9.17) is 21.1 Å². The Morgan fingerprint density at radius 1 is 1.15 bits per heavy atom. The van der Waals surface area contributed by atoms with Crippen molar-refractivity contribution in [3.8, 4) is 11.5 Å². The van der Waals surface area contributed by atoms with E-state index in [0.29, 0.717) is 16.5 Å². The van der Waals surface area contributed by atoms with Crippen LogP contribution in [0.4, 0.5) is 5.69 Å². The van der Waals surface area contributed by atoms with E-state index in [0.717, 1.165) is 18.6 Å². The summed E-state index contributed by atoms with van der Waals surface area (Å²) in [5, 5.41) is 3.49. The molecular weight excluding hydrogens is 366 g/mol. The van der Waals surface area contributed by atoms with Gasteiger partial charge in [0.05, 0.1) is 25.9 Å². The van der Waals surface area contributed by atoms with Gasteiger partial charge >= 0.3 is 0 Å². The van der Waals surface area contributed by atoms with Gasteiger partial charge in [0.2, 0.25) is 5.91 Å². The third kappa shape index (κ3) is 3.36. The number of hydrogen-bond donors (Lipinski definition) is 3. The van der Waals surface area contributed by atoms with Crippen LogP contribution in [0.3, 0.4) is 0 Å². The normalized spacial score (nSPS) is 23.3. The molecule has 0 radical (unpaired) electrons. The third-order valence-corrected chi connectivity index (χ3v) is 5.62. The van der Waals surface area contributed by atoms with E-state index in [2.05, 4.69) is 28.3 Å². The summed E-state index contributed by atoms with van der Waals surface area (Å²) < 4.78 is 10.6. The predicted octanol–water partition coefficient (Wildman–Crippen LogP) is 3.08. The number of methoxy groups -OCH3 is 2. The standard InChI is InChI=1S/C20H22ClN3O3/c1-26-13-5-7-14-11(9-13)3-6-15-18(14)23-24-19(15)20(25)22-16-10-12(21)4-8-17(16)27-2/h4-5,7-10,15,18-19,23-24H,3,6H2,1-2H3,(H,22,25). The van der Waals surface area contributed by atoms with Crippen molar-refractivity contribution in [2.24, 2.45) is 5.92 Å². The van der Waals surface area contributed by atoms with Crippen LogP contribution in [0.25, 0.3) is 0 Å². The van der Waals surface area contributed by atoms with E-state index in [9.17, 15) is 4.79 Å². The van der Waals surface area contributed by atoms with E-state index in [-0.39, 0.29) is 23.9 Å². The first kappa shape index (κ1) is 18.1. The largest absolute Gasteiger partial charge is 0.497 e. The Hall–Kier alpha value is -2.28. The number of fused-ring (bicyclic) bond motifs is 3. The van der Waals surface area contributed by atoms with Crippen LogP contribution in [0.1, 0.15) is 23.6 Å². The highest BCUT2D eigenvalue weighted by molar-refractivity contribution is 6.31.